The number of nitro groups is 1. The van der Waals surface area contributed by atoms with Crippen LogP contribution in [0.2, 0.25) is 0 Å². The fourth-order valence-corrected chi connectivity index (χ4v) is 0.0667. The highest BCUT2D eigenvalue weighted by Crippen LogP contribution is 1.77. The summed E-state index contributed by atoms with van der Waals surface area (Å²) >= 11 is 0. The minimum absolute atomic E-state index is 0.826. The van der Waals surface area contributed by atoms with Crippen LogP contribution in [0.25, 0.3) is 0 Å². The lowest BCUT2D eigenvalue weighted by atomic mass is 10.6. The summed E-state index contributed by atoms with van der Waals surface area (Å²) < 4.78 is 0. The molecule has 0 saturated heterocycles. The standard InChI is InChI=1S/C2H5NO4/c4-1-2(5)3(6)7/h2,4-5H,1H2. The molecule has 0 aliphatic rings. The van der Waals surface area contributed by atoms with Gasteiger partial charge in [-0.05, 0) is 0 Å². The molecule has 0 heterocycles. The third kappa shape index (κ3) is 2.07. The molecule has 0 aromatic heterocycles. The molecule has 0 radical (unpaired) electrons. The lowest BCUT2D eigenvalue weighted by molar-refractivity contribution is -0.573. The van der Waals surface area contributed by atoms with Crippen molar-refractivity contribution in [3.63, 3.8) is 0 Å². The van der Waals surface area contributed by atoms with E-state index >= 15 is 0 Å². The summed E-state index contributed by atoms with van der Waals surface area (Å²) in [6.45, 7) is -0.826. The Balaban J connectivity index is 3.34. The van der Waals surface area contributed by atoms with Crippen molar-refractivity contribution in [3.8, 4) is 0 Å². The normalized spacial score (nSPS) is 13.4. The van der Waals surface area contributed by atoms with E-state index in [-0.39, 0.29) is 0 Å². The third-order valence-corrected chi connectivity index (χ3v) is 0.407. The fraction of sp³-hybridized carbons (Fsp3) is 1.00. The quantitative estimate of drug-likeness (QED) is 0.257. The zero-order valence-corrected chi connectivity index (χ0v) is 3.44. The smallest absolute Gasteiger partial charge is 0.336 e. The van der Waals surface area contributed by atoms with Gasteiger partial charge in [-0.25, -0.2) is 0 Å². The van der Waals surface area contributed by atoms with Crippen molar-refractivity contribution in [1.29, 1.82) is 0 Å². The summed E-state index contributed by atoms with van der Waals surface area (Å²) in [7, 11) is 0. The first-order valence-corrected chi connectivity index (χ1v) is 1.61. The molecule has 0 aliphatic heterocycles. The minimum Gasteiger partial charge on any atom is -0.386 e. The molecule has 5 heteroatoms. The second-order valence-corrected chi connectivity index (χ2v) is 0.949. The van der Waals surface area contributed by atoms with Gasteiger partial charge in [-0.1, -0.05) is 0 Å². The Morgan fingerprint density at radius 3 is 2.29 bits per heavy atom. The van der Waals surface area contributed by atoms with E-state index < -0.39 is 17.8 Å². The molecule has 0 amide bonds. The van der Waals surface area contributed by atoms with E-state index in [1.54, 1.807) is 0 Å². The summed E-state index contributed by atoms with van der Waals surface area (Å²) in [6, 6.07) is 0. The zero-order chi connectivity index (χ0) is 5.86. The summed E-state index contributed by atoms with van der Waals surface area (Å²) in [5.74, 6) is 0. The van der Waals surface area contributed by atoms with E-state index in [0.717, 1.165) is 0 Å². The average molecular weight is 107 g/mol. The number of aliphatic hydroxyl groups excluding tert-OH is 2. The highest BCUT2D eigenvalue weighted by atomic mass is 16.7. The van der Waals surface area contributed by atoms with Crippen LogP contribution in [-0.4, -0.2) is 28.0 Å². The molecule has 2 N–H and O–H groups in total. The first-order chi connectivity index (χ1) is 3.18. The summed E-state index contributed by atoms with van der Waals surface area (Å²) in [4.78, 5) is 8.35. The second-order valence-electron chi connectivity index (χ2n) is 0.949. The van der Waals surface area contributed by atoms with Gasteiger partial charge in [0.2, 0.25) is 0 Å². The Hall–Kier alpha value is -0.680. The highest BCUT2D eigenvalue weighted by molar-refractivity contribution is 4.27. The van der Waals surface area contributed by atoms with Crippen molar-refractivity contribution in [2.75, 3.05) is 6.61 Å². The van der Waals surface area contributed by atoms with Crippen molar-refractivity contribution in [3.05, 3.63) is 10.1 Å². The van der Waals surface area contributed by atoms with Gasteiger partial charge in [0.1, 0.15) is 6.61 Å². The van der Waals surface area contributed by atoms with Crippen molar-refractivity contribution in [2.45, 2.75) is 6.23 Å². The van der Waals surface area contributed by atoms with Crippen LogP contribution in [0.4, 0.5) is 0 Å². The van der Waals surface area contributed by atoms with E-state index in [4.69, 9.17) is 10.2 Å². The number of nitrogens with zero attached hydrogens (tertiary/aromatic N) is 1. The lowest BCUT2D eigenvalue weighted by Crippen LogP contribution is -2.22. The zero-order valence-electron chi connectivity index (χ0n) is 3.44. The van der Waals surface area contributed by atoms with Gasteiger partial charge in [-0.2, -0.15) is 0 Å². The molecule has 0 rings (SSSR count). The third-order valence-electron chi connectivity index (χ3n) is 0.407. The van der Waals surface area contributed by atoms with Gasteiger partial charge >= 0.3 is 6.23 Å². The van der Waals surface area contributed by atoms with Crippen molar-refractivity contribution in [1.82, 2.24) is 0 Å². The molecule has 0 bridgehead atoms. The van der Waals surface area contributed by atoms with Crippen molar-refractivity contribution >= 4 is 0 Å². The van der Waals surface area contributed by atoms with Gasteiger partial charge in [0.05, 0.1) is 4.92 Å². The molecule has 1 atom stereocenters. The molecule has 0 aromatic carbocycles. The molecule has 0 spiro atoms. The largest absolute Gasteiger partial charge is 0.386 e. The molecule has 0 aromatic rings. The van der Waals surface area contributed by atoms with Crippen LogP contribution in [-0.2, 0) is 0 Å². The van der Waals surface area contributed by atoms with E-state index in [1.807, 2.05) is 0 Å². The Kier molecular flexibility index (Phi) is 2.24. The second kappa shape index (κ2) is 2.49. The van der Waals surface area contributed by atoms with Crippen LogP contribution in [0.5, 0.6) is 0 Å². The molecule has 0 saturated carbocycles. The maximum Gasteiger partial charge on any atom is 0.336 e. The summed E-state index contributed by atoms with van der Waals surface area (Å²) in [5.41, 5.74) is 0. The number of rotatable bonds is 2. The average Bonchev–Trinajstić information content (AvgIpc) is 1.65. The predicted octanol–water partition coefficient (Wildman–Crippen LogP) is -1.43. The highest BCUT2D eigenvalue weighted by Gasteiger charge is 2.10. The number of hydrogen-bond donors (Lipinski definition) is 2. The first kappa shape index (κ1) is 6.32. The molecule has 5 nitrogen and oxygen atoms in total. The Bertz CT molecular complexity index is 72.1. The van der Waals surface area contributed by atoms with E-state index in [1.165, 1.54) is 0 Å². The van der Waals surface area contributed by atoms with Crippen LogP contribution in [0.3, 0.4) is 0 Å². The molecule has 0 fully saturated rings. The van der Waals surface area contributed by atoms with Gasteiger partial charge < -0.3 is 10.2 Å². The Labute approximate surface area is 39.3 Å². The molecule has 0 aliphatic carbocycles. The summed E-state index contributed by atoms with van der Waals surface area (Å²) in [6.07, 6.45) is -1.82. The lowest BCUT2D eigenvalue weighted by Gasteiger charge is -1.92. The van der Waals surface area contributed by atoms with Gasteiger partial charge in [0.15, 0.2) is 0 Å². The molecular weight excluding hydrogens is 102 g/mol. The maximum atomic E-state index is 9.33. The monoisotopic (exact) mass is 107 g/mol. The molecular formula is C2H5NO4. The van der Waals surface area contributed by atoms with Crippen molar-refractivity contribution < 1.29 is 15.1 Å². The van der Waals surface area contributed by atoms with Crippen molar-refractivity contribution in [2.24, 2.45) is 0 Å². The van der Waals surface area contributed by atoms with E-state index in [9.17, 15) is 10.1 Å². The fourth-order valence-electron chi connectivity index (χ4n) is 0.0667. The van der Waals surface area contributed by atoms with Crippen LogP contribution in [0, 0.1) is 10.1 Å². The van der Waals surface area contributed by atoms with E-state index in [0.29, 0.717) is 0 Å². The van der Waals surface area contributed by atoms with Crippen LogP contribution < -0.4 is 0 Å². The van der Waals surface area contributed by atoms with E-state index in [2.05, 4.69) is 0 Å². The molecule has 7 heavy (non-hydrogen) atoms. The Morgan fingerprint density at radius 1 is 1.86 bits per heavy atom. The Morgan fingerprint density at radius 2 is 2.29 bits per heavy atom. The van der Waals surface area contributed by atoms with Crippen LogP contribution in [0.1, 0.15) is 0 Å². The minimum atomic E-state index is -1.82. The van der Waals surface area contributed by atoms with Gasteiger partial charge in [-0.3, -0.25) is 10.1 Å². The van der Waals surface area contributed by atoms with Gasteiger partial charge in [0.25, 0.3) is 0 Å². The van der Waals surface area contributed by atoms with Crippen LogP contribution >= 0.6 is 0 Å². The number of hydrogen-bond acceptors (Lipinski definition) is 4. The molecule has 1 unspecified atom stereocenters. The summed E-state index contributed by atoms with van der Waals surface area (Å²) in [5, 5.41) is 25.1. The predicted molar refractivity (Wildman–Crippen MR) is 20.1 cm³/mol. The SMILES string of the molecule is O=[N+]([O-])C(O)CO. The van der Waals surface area contributed by atoms with Gasteiger partial charge in [-0.15, -0.1) is 0 Å². The molecule has 42 valence electrons. The maximum absolute atomic E-state index is 9.33. The first-order valence-electron chi connectivity index (χ1n) is 1.61. The van der Waals surface area contributed by atoms with Crippen LogP contribution in [0.15, 0.2) is 0 Å². The van der Waals surface area contributed by atoms with Gasteiger partial charge in [0, 0.05) is 0 Å². The number of aliphatic hydroxyl groups is 2. The topological polar surface area (TPSA) is 83.6 Å².